The fourth-order valence-electron chi connectivity index (χ4n) is 2.46. The van der Waals surface area contributed by atoms with Crippen molar-refractivity contribution >= 4 is 35.2 Å². The number of imidazole rings is 1. The summed E-state index contributed by atoms with van der Waals surface area (Å²) in [6.45, 7) is 0.807. The summed E-state index contributed by atoms with van der Waals surface area (Å²) < 4.78 is 6.68. The topological polar surface area (TPSA) is 85.6 Å². The lowest BCUT2D eigenvalue weighted by Gasteiger charge is -2.08. The number of ketones is 1. The minimum absolute atomic E-state index is 0.0918. The molecule has 0 radical (unpaired) electrons. The third kappa shape index (κ3) is 3.16. The Morgan fingerprint density at radius 2 is 2.39 bits per heavy atom. The zero-order valence-corrected chi connectivity index (χ0v) is 13.4. The third-order valence-corrected chi connectivity index (χ3v) is 4.53. The number of methoxy groups -OCH3 is 1. The number of Topliss-reactive ketones (excluding diaryl/α,β-unsaturated/α-hetero) is 1. The maximum absolute atomic E-state index is 11.9. The number of nitrogens with zero attached hydrogens (tertiary/aromatic N) is 3. The van der Waals surface area contributed by atoms with E-state index in [1.807, 2.05) is 16.0 Å². The average molecular weight is 332 g/mol. The zero-order valence-electron chi connectivity index (χ0n) is 12.6. The van der Waals surface area contributed by atoms with Gasteiger partial charge in [-0.3, -0.25) is 9.79 Å². The number of aliphatic imine (C=N–C) groups is 1. The van der Waals surface area contributed by atoms with Crippen LogP contribution in [-0.2, 0) is 17.7 Å². The lowest BCUT2D eigenvalue weighted by molar-refractivity contribution is 0.0605. The number of carbonyl (C=O) groups excluding carboxylic acids is 2. The molecule has 0 atom stereocenters. The Bertz CT molecular complexity index is 763. The van der Waals surface area contributed by atoms with Crippen LogP contribution in [0.4, 0.5) is 5.82 Å². The van der Waals surface area contributed by atoms with E-state index < -0.39 is 0 Å². The number of rotatable bonds is 5. The van der Waals surface area contributed by atoms with Crippen LogP contribution in [0, 0.1) is 0 Å². The normalized spacial score (nSPS) is 13.3. The number of nitrogens with one attached hydrogen (secondary N) is 1. The lowest BCUT2D eigenvalue weighted by atomic mass is 10.1. The molecule has 3 heterocycles. The predicted octanol–water partition coefficient (Wildman–Crippen LogP) is 2.00. The molecule has 120 valence electrons. The molecule has 0 unspecified atom stereocenters. The fourth-order valence-corrected chi connectivity index (χ4v) is 3.33. The summed E-state index contributed by atoms with van der Waals surface area (Å²) in [6, 6.07) is 1.94. The van der Waals surface area contributed by atoms with Crippen LogP contribution in [0.3, 0.4) is 0 Å². The summed E-state index contributed by atoms with van der Waals surface area (Å²) in [5.74, 6) is 0.288. The Morgan fingerprint density at radius 1 is 1.52 bits per heavy atom. The predicted molar refractivity (Wildman–Crippen MR) is 87.5 cm³/mol. The van der Waals surface area contributed by atoms with Crippen molar-refractivity contribution in [1.29, 1.82) is 0 Å². The van der Waals surface area contributed by atoms with Crippen molar-refractivity contribution < 1.29 is 14.3 Å². The Morgan fingerprint density at radius 3 is 3.22 bits per heavy atom. The molecule has 0 amide bonds. The van der Waals surface area contributed by atoms with Crippen LogP contribution in [0.15, 0.2) is 22.8 Å². The Labute approximate surface area is 137 Å². The van der Waals surface area contributed by atoms with Crippen LogP contribution in [0.25, 0.3) is 0 Å². The van der Waals surface area contributed by atoms with Gasteiger partial charge in [0.2, 0.25) is 5.78 Å². The Hall–Kier alpha value is -2.48. The highest BCUT2D eigenvalue weighted by Crippen LogP contribution is 2.21. The van der Waals surface area contributed by atoms with E-state index in [1.165, 1.54) is 24.8 Å². The van der Waals surface area contributed by atoms with Crippen molar-refractivity contribution in [3.8, 4) is 0 Å². The van der Waals surface area contributed by atoms with E-state index in [-0.39, 0.29) is 18.3 Å². The largest absolute Gasteiger partial charge is 0.465 e. The summed E-state index contributed by atoms with van der Waals surface area (Å²) in [5.41, 5.74) is 1.41. The summed E-state index contributed by atoms with van der Waals surface area (Å²) in [6.07, 6.45) is 4.75. The van der Waals surface area contributed by atoms with Gasteiger partial charge < -0.3 is 14.6 Å². The van der Waals surface area contributed by atoms with Crippen LogP contribution in [0.5, 0.6) is 0 Å². The molecule has 0 aliphatic carbocycles. The maximum atomic E-state index is 11.9. The molecule has 0 bridgehead atoms. The van der Waals surface area contributed by atoms with E-state index >= 15 is 0 Å². The molecule has 8 heteroatoms. The highest BCUT2D eigenvalue weighted by Gasteiger charge is 2.19. The molecule has 0 saturated carbocycles. The highest BCUT2D eigenvalue weighted by molar-refractivity contribution is 7.12. The van der Waals surface area contributed by atoms with Gasteiger partial charge in [0.05, 0.1) is 19.8 Å². The van der Waals surface area contributed by atoms with Gasteiger partial charge in [-0.05, 0) is 29.9 Å². The van der Waals surface area contributed by atoms with Crippen molar-refractivity contribution in [3.63, 3.8) is 0 Å². The molecule has 0 fully saturated rings. The third-order valence-electron chi connectivity index (χ3n) is 3.59. The van der Waals surface area contributed by atoms with Crippen molar-refractivity contribution in [2.24, 2.45) is 4.99 Å². The van der Waals surface area contributed by atoms with Crippen LogP contribution >= 0.6 is 11.3 Å². The summed E-state index contributed by atoms with van der Waals surface area (Å²) >= 11 is 1.39. The van der Waals surface area contributed by atoms with Gasteiger partial charge in [0.25, 0.3) is 0 Å². The van der Waals surface area contributed by atoms with E-state index in [0.29, 0.717) is 22.9 Å². The van der Waals surface area contributed by atoms with Crippen LogP contribution < -0.4 is 5.32 Å². The van der Waals surface area contributed by atoms with Crippen molar-refractivity contribution in [2.45, 2.75) is 19.4 Å². The number of ether oxygens (including phenoxy) is 1. The number of anilines is 1. The second-order valence-electron chi connectivity index (χ2n) is 5.04. The quantitative estimate of drug-likeness (QED) is 0.847. The maximum Gasteiger partial charge on any atom is 0.348 e. The van der Waals surface area contributed by atoms with Gasteiger partial charge in [0, 0.05) is 6.54 Å². The van der Waals surface area contributed by atoms with Gasteiger partial charge in [-0.15, -0.1) is 11.3 Å². The number of carbonyl (C=O) groups is 2. The highest BCUT2D eigenvalue weighted by atomic mass is 32.1. The average Bonchev–Trinajstić information content (AvgIpc) is 3.14. The molecule has 1 aliphatic heterocycles. The first kappa shape index (κ1) is 15.4. The van der Waals surface area contributed by atoms with Gasteiger partial charge in [0.1, 0.15) is 17.2 Å². The van der Waals surface area contributed by atoms with Crippen LogP contribution in [-0.4, -0.2) is 41.3 Å². The molecule has 2 aromatic rings. The van der Waals surface area contributed by atoms with E-state index in [0.717, 1.165) is 18.4 Å². The number of thiophene rings is 1. The van der Waals surface area contributed by atoms with Gasteiger partial charge in [-0.2, -0.15) is 0 Å². The van der Waals surface area contributed by atoms with Crippen molar-refractivity contribution in [1.82, 2.24) is 9.55 Å². The lowest BCUT2D eigenvalue weighted by Crippen LogP contribution is -2.08. The number of hydrogen-bond acceptors (Lipinski definition) is 7. The minimum Gasteiger partial charge on any atom is -0.465 e. The summed E-state index contributed by atoms with van der Waals surface area (Å²) in [7, 11) is 1.39. The number of fused-ring (bicyclic) bond motifs is 1. The van der Waals surface area contributed by atoms with E-state index in [9.17, 15) is 9.59 Å². The number of hydrogen-bond donors (Lipinski definition) is 1. The monoisotopic (exact) mass is 332 g/mol. The first-order chi connectivity index (χ1) is 11.2. The first-order valence-electron chi connectivity index (χ1n) is 7.18. The second kappa shape index (κ2) is 6.74. The molecule has 0 aromatic carbocycles. The summed E-state index contributed by atoms with van der Waals surface area (Å²) in [4.78, 5) is 32.3. The summed E-state index contributed by atoms with van der Waals surface area (Å²) in [5, 5.41) is 4.89. The molecule has 1 aliphatic rings. The van der Waals surface area contributed by atoms with Gasteiger partial charge in [-0.1, -0.05) is 0 Å². The van der Waals surface area contributed by atoms with Gasteiger partial charge in [0.15, 0.2) is 5.69 Å². The zero-order chi connectivity index (χ0) is 16.2. The van der Waals surface area contributed by atoms with E-state index in [1.54, 1.807) is 6.33 Å². The second-order valence-corrected chi connectivity index (χ2v) is 5.96. The van der Waals surface area contributed by atoms with Gasteiger partial charge in [-0.25, -0.2) is 9.78 Å². The van der Waals surface area contributed by atoms with Crippen LogP contribution in [0.1, 0.15) is 32.1 Å². The molecule has 7 nitrogen and oxygen atoms in total. The first-order valence-corrected chi connectivity index (χ1v) is 8.06. The van der Waals surface area contributed by atoms with Crippen LogP contribution in [0.2, 0.25) is 0 Å². The van der Waals surface area contributed by atoms with Gasteiger partial charge >= 0.3 is 5.97 Å². The molecular weight excluding hydrogens is 316 g/mol. The molecule has 3 rings (SSSR count). The number of esters is 1. The van der Waals surface area contributed by atoms with E-state index in [2.05, 4.69) is 15.3 Å². The minimum atomic E-state index is -0.296. The number of aromatic nitrogens is 2. The molecule has 0 spiro atoms. The fraction of sp³-hybridized carbons (Fsp3) is 0.333. The smallest absolute Gasteiger partial charge is 0.348 e. The molecule has 1 N–H and O–H groups in total. The standard InChI is InChI=1S/C15H16N4O3S/c1-22-15(21)13-10(4-6-23-13)3-2-5-19-9-18-12-11(20)7-16-8-17-14(12)19/h4,6,8-9H,2-3,5,7H2,1H3,(H,16,17). The molecule has 23 heavy (non-hydrogen) atoms. The van der Waals surface area contributed by atoms with Crippen molar-refractivity contribution in [2.75, 3.05) is 19.0 Å². The van der Waals surface area contributed by atoms with Crippen molar-refractivity contribution in [3.05, 3.63) is 33.9 Å². The molecule has 0 saturated heterocycles. The molecular formula is C15H16N4O3S. The van der Waals surface area contributed by atoms with E-state index in [4.69, 9.17) is 4.74 Å². The number of aryl methyl sites for hydroxylation is 2. The molecule has 2 aromatic heterocycles. The Balaban J connectivity index is 1.66. The Kier molecular flexibility index (Phi) is 4.52. The SMILES string of the molecule is COC(=O)c1sccc1CCCn1cnc2c1NC=NCC2=O.